The largest absolute Gasteiger partial charge is 0.370 e. The number of carbonyl (C=O) groups is 1. The maximum absolute atomic E-state index is 13.6. The summed E-state index contributed by atoms with van der Waals surface area (Å²) in [5.41, 5.74) is -0.509. The van der Waals surface area contributed by atoms with Gasteiger partial charge in [-0.25, -0.2) is 4.39 Å². The van der Waals surface area contributed by atoms with Gasteiger partial charge in [0.1, 0.15) is 11.4 Å². The Morgan fingerprint density at radius 1 is 1.39 bits per heavy atom. The predicted octanol–water partition coefficient (Wildman–Crippen LogP) is 3.80. The molecule has 1 aromatic rings. The topological polar surface area (TPSA) is 26.3 Å². The van der Waals surface area contributed by atoms with E-state index in [1.54, 1.807) is 0 Å². The van der Waals surface area contributed by atoms with E-state index in [4.69, 9.17) is 16.3 Å². The Balaban J connectivity index is 2.96. The Labute approximate surface area is 112 Å². The molecule has 0 aliphatic carbocycles. The zero-order valence-corrected chi connectivity index (χ0v) is 11.7. The number of benzene rings is 1. The molecular formula is C14H18ClFO2. The average molecular weight is 273 g/mol. The molecule has 0 aliphatic heterocycles. The number of hydrogen-bond acceptors (Lipinski definition) is 2. The molecule has 0 saturated carbocycles. The highest BCUT2D eigenvalue weighted by atomic mass is 35.5. The van der Waals surface area contributed by atoms with Crippen LogP contribution in [0.2, 0.25) is 5.02 Å². The number of ether oxygens (including phenoxy) is 1. The zero-order valence-electron chi connectivity index (χ0n) is 10.9. The van der Waals surface area contributed by atoms with Crippen LogP contribution >= 0.6 is 11.6 Å². The van der Waals surface area contributed by atoms with Crippen LogP contribution in [-0.4, -0.2) is 18.5 Å². The van der Waals surface area contributed by atoms with Crippen LogP contribution in [0.25, 0.3) is 0 Å². The molecule has 0 N–H and O–H groups in total. The summed E-state index contributed by atoms with van der Waals surface area (Å²) in [5, 5.41) is 0.426. The fraction of sp³-hybridized carbons (Fsp3) is 0.500. The molecule has 0 bridgehead atoms. The third-order valence-corrected chi connectivity index (χ3v) is 3.64. The lowest BCUT2D eigenvalue weighted by atomic mass is 9.88. The third kappa shape index (κ3) is 3.09. The monoisotopic (exact) mass is 272 g/mol. The van der Waals surface area contributed by atoms with Gasteiger partial charge < -0.3 is 4.74 Å². The van der Waals surface area contributed by atoms with Gasteiger partial charge in [-0.2, -0.15) is 0 Å². The molecule has 0 unspecified atom stereocenters. The van der Waals surface area contributed by atoms with E-state index in [1.807, 2.05) is 13.8 Å². The first-order valence-electron chi connectivity index (χ1n) is 6.01. The lowest BCUT2D eigenvalue weighted by Gasteiger charge is -2.28. The number of Topliss-reactive ketones (excluding diaryl/α,β-unsaturated/α-hetero) is 1. The van der Waals surface area contributed by atoms with Gasteiger partial charge in [0.15, 0.2) is 5.78 Å². The predicted molar refractivity (Wildman–Crippen MR) is 70.4 cm³/mol. The number of hydrogen-bond donors (Lipinski definition) is 0. The van der Waals surface area contributed by atoms with E-state index in [2.05, 4.69) is 0 Å². The SMILES string of the molecule is CCC(CC)(OC)C(=O)Cc1cc(Cl)ccc1F. The summed E-state index contributed by atoms with van der Waals surface area (Å²) in [4.78, 5) is 12.3. The molecule has 1 aromatic carbocycles. The summed E-state index contributed by atoms with van der Waals surface area (Å²) >= 11 is 5.81. The minimum Gasteiger partial charge on any atom is -0.370 e. The van der Waals surface area contributed by atoms with Gasteiger partial charge in [0, 0.05) is 18.6 Å². The first-order valence-corrected chi connectivity index (χ1v) is 6.39. The summed E-state index contributed by atoms with van der Waals surface area (Å²) in [5.74, 6) is -0.527. The highest BCUT2D eigenvalue weighted by Gasteiger charge is 2.34. The Morgan fingerprint density at radius 3 is 2.50 bits per heavy atom. The average Bonchev–Trinajstić information content (AvgIpc) is 2.37. The summed E-state index contributed by atoms with van der Waals surface area (Å²) in [6.07, 6.45) is 1.14. The maximum atomic E-state index is 13.6. The summed E-state index contributed by atoms with van der Waals surface area (Å²) in [6, 6.07) is 4.23. The van der Waals surface area contributed by atoms with Crippen molar-refractivity contribution in [2.24, 2.45) is 0 Å². The van der Waals surface area contributed by atoms with Crippen molar-refractivity contribution in [2.75, 3.05) is 7.11 Å². The Kier molecular flexibility index (Phi) is 5.29. The number of halogens is 2. The van der Waals surface area contributed by atoms with Crippen molar-refractivity contribution in [1.82, 2.24) is 0 Å². The smallest absolute Gasteiger partial charge is 0.169 e. The second kappa shape index (κ2) is 6.30. The highest BCUT2D eigenvalue weighted by molar-refractivity contribution is 6.30. The van der Waals surface area contributed by atoms with Gasteiger partial charge in [0.2, 0.25) is 0 Å². The Bertz CT molecular complexity index is 420. The second-order valence-corrected chi connectivity index (χ2v) is 4.68. The van der Waals surface area contributed by atoms with E-state index in [0.29, 0.717) is 23.4 Å². The van der Waals surface area contributed by atoms with Crippen molar-refractivity contribution in [3.63, 3.8) is 0 Å². The molecule has 0 aliphatic rings. The molecule has 0 radical (unpaired) electrons. The van der Waals surface area contributed by atoms with Crippen LogP contribution in [0, 0.1) is 5.82 Å². The lowest BCUT2D eigenvalue weighted by molar-refractivity contribution is -0.141. The van der Waals surface area contributed by atoms with Crippen LogP contribution in [0.3, 0.4) is 0 Å². The summed E-state index contributed by atoms with van der Waals surface area (Å²) in [7, 11) is 1.51. The van der Waals surface area contributed by atoms with Crippen molar-refractivity contribution in [1.29, 1.82) is 0 Å². The molecule has 0 saturated heterocycles. The van der Waals surface area contributed by atoms with Gasteiger partial charge in [-0.1, -0.05) is 25.4 Å². The van der Waals surface area contributed by atoms with Crippen LogP contribution in [0.1, 0.15) is 32.3 Å². The van der Waals surface area contributed by atoms with Crippen LogP contribution in [-0.2, 0) is 16.0 Å². The fourth-order valence-electron chi connectivity index (χ4n) is 2.06. The molecule has 18 heavy (non-hydrogen) atoms. The van der Waals surface area contributed by atoms with Gasteiger partial charge in [-0.05, 0) is 36.6 Å². The van der Waals surface area contributed by atoms with E-state index in [0.717, 1.165) is 0 Å². The van der Waals surface area contributed by atoms with Crippen molar-refractivity contribution in [3.8, 4) is 0 Å². The van der Waals surface area contributed by atoms with Gasteiger partial charge >= 0.3 is 0 Å². The molecule has 0 fully saturated rings. The number of carbonyl (C=O) groups excluding carboxylic acids is 1. The first-order chi connectivity index (χ1) is 8.49. The van der Waals surface area contributed by atoms with Crippen molar-refractivity contribution in [2.45, 2.75) is 38.7 Å². The van der Waals surface area contributed by atoms with Crippen LogP contribution in [0.4, 0.5) is 4.39 Å². The maximum Gasteiger partial charge on any atom is 0.169 e. The minimum atomic E-state index is -0.825. The standard InChI is InChI=1S/C14H18ClFO2/c1-4-14(5-2,18-3)13(17)9-10-8-11(15)6-7-12(10)16/h6-8H,4-5,9H2,1-3H3. The zero-order chi connectivity index (χ0) is 13.8. The molecular weight excluding hydrogens is 255 g/mol. The Hall–Kier alpha value is -0.930. The summed E-state index contributed by atoms with van der Waals surface area (Å²) in [6.45, 7) is 3.78. The van der Waals surface area contributed by atoms with Crippen LogP contribution < -0.4 is 0 Å². The second-order valence-electron chi connectivity index (χ2n) is 4.24. The van der Waals surface area contributed by atoms with Crippen LogP contribution in [0.15, 0.2) is 18.2 Å². The van der Waals surface area contributed by atoms with Gasteiger partial charge in [0.25, 0.3) is 0 Å². The Morgan fingerprint density at radius 2 is 2.00 bits per heavy atom. The molecule has 0 atom stereocenters. The molecule has 2 nitrogen and oxygen atoms in total. The van der Waals surface area contributed by atoms with Crippen molar-refractivity contribution in [3.05, 3.63) is 34.6 Å². The quantitative estimate of drug-likeness (QED) is 0.787. The molecule has 100 valence electrons. The lowest BCUT2D eigenvalue weighted by Crippen LogP contribution is -2.40. The van der Waals surface area contributed by atoms with Crippen LogP contribution in [0.5, 0.6) is 0 Å². The summed E-state index contributed by atoms with van der Waals surface area (Å²) < 4.78 is 18.9. The molecule has 1 rings (SSSR count). The molecule has 0 aromatic heterocycles. The van der Waals surface area contributed by atoms with Crippen molar-refractivity contribution < 1.29 is 13.9 Å². The van der Waals surface area contributed by atoms with E-state index in [-0.39, 0.29) is 12.2 Å². The normalized spacial score (nSPS) is 11.6. The van der Waals surface area contributed by atoms with Gasteiger partial charge in [-0.3, -0.25) is 4.79 Å². The van der Waals surface area contributed by atoms with E-state index in [9.17, 15) is 9.18 Å². The molecule has 0 amide bonds. The number of rotatable bonds is 6. The molecule has 0 heterocycles. The fourth-order valence-corrected chi connectivity index (χ4v) is 2.25. The number of methoxy groups -OCH3 is 1. The molecule has 0 spiro atoms. The van der Waals surface area contributed by atoms with Gasteiger partial charge in [-0.15, -0.1) is 0 Å². The van der Waals surface area contributed by atoms with Crippen molar-refractivity contribution >= 4 is 17.4 Å². The van der Waals surface area contributed by atoms with Gasteiger partial charge in [0.05, 0.1) is 0 Å². The van der Waals surface area contributed by atoms with E-state index in [1.165, 1.54) is 25.3 Å². The highest BCUT2D eigenvalue weighted by Crippen LogP contribution is 2.24. The van der Waals surface area contributed by atoms with E-state index < -0.39 is 11.4 Å². The van der Waals surface area contributed by atoms with E-state index >= 15 is 0 Å². The minimum absolute atomic E-state index is 0.00190. The number of ketones is 1. The molecule has 4 heteroatoms. The first kappa shape index (κ1) is 15.1. The third-order valence-electron chi connectivity index (χ3n) is 3.40.